The van der Waals surface area contributed by atoms with Crippen molar-refractivity contribution in [3.63, 3.8) is 0 Å². The molecule has 1 N–H and O–H groups in total. The van der Waals surface area contributed by atoms with E-state index in [1.807, 2.05) is 0 Å². The molecular formula is C9H8O3S. The molecule has 0 aliphatic carbocycles. The van der Waals surface area contributed by atoms with Gasteiger partial charge in [0.15, 0.2) is 0 Å². The Morgan fingerprint density at radius 2 is 2.00 bits per heavy atom. The number of carboxylic acid groups (broad SMARTS) is 1. The number of rotatable bonds is 2. The first-order chi connectivity index (χ1) is 6.02. The Morgan fingerprint density at radius 3 is 2.46 bits per heavy atom. The van der Waals surface area contributed by atoms with Crippen molar-refractivity contribution in [2.24, 2.45) is 0 Å². The number of carbonyl (C=O) groups excluding carboxylic acids is 1. The lowest BCUT2D eigenvalue weighted by atomic mass is 10.1. The maximum absolute atomic E-state index is 10.9. The minimum atomic E-state index is -1.05. The first-order valence-corrected chi connectivity index (χ1v) is 4.04. The zero-order valence-electron chi connectivity index (χ0n) is 6.94. The quantitative estimate of drug-likeness (QED) is 0.709. The Labute approximate surface area is 80.8 Å². The van der Waals surface area contributed by atoms with Crippen molar-refractivity contribution < 1.29 is 14.7 Å². The number of hydrogen-bond acceptors (Lipinski definition) is 2. The van der Waals surface area contributed by atoms with E-state index < -0.39 is 11.1 Å². The molecule has 3 nitrogen and oxygen atoms in total. The van der Waals surface area contributed by atoms with Crippen LogP contribution in [0.4, 0.5) is 0 Å². The van der Waals surface area contributed by atoms with Gasteiger partial charge in [-0.25, -0.2) is 4.79 Å². The standard InChI is InChI=1S/C9H8O3S/c1-5-2-3-6(8(10)11)4-7(5)9(12)13/h2-4H,1H3,(H,10,11)(H,12,13). The first kappa shape index (κ1) is 9.80. The van der Waals surface area contributed by atoms with Crippen molar-refractivity contribution in [3.05, 3.63) is 34.9 Å². The van der Waals surface area contributed by atoms with Crippen LogP contribution in [0.15, 0.2) is 18.2 Å². The molecule has 0 radical (unpaired) electrons. The number of aryl methyl sites for hydroxylation is 1. The summed E-state index contributed by atoms with van der Waals surface area (Å²) in [5.41, 5.74) is 1.16. The molecule has 0 fully saturated rings. The fourth-order valence-corrected chi connectivity index (χ4v) is 1.23. The molecule has 0 unspecified atom stereocenters. The highest BCUT2D eigenvalue weighted by Crippen LogP contribution is 2.13. The summed E-state index contributed by atoms with van der Waals surface area (Å²) in [6.45, 7) is 1.73. The van der Waals surface area contributed by atoms with Gasteiger partial charge in [-0.3, -0.25) is 4.79 Å². The lowest BCUT2D eigenvalue weighted by Gasteiger charge is -2.01. The summed E-state index contributed by atoms with van der Waals surface area (Å²) in [6, 6.07) is 4.37. The largest absolute Gasteiger partial charge is 0.478 e. The van der Waals surface area contributed by atoms with Crippen LogP contribution in [0, 0.1) is 6.92 Å². The Bertz CT molecular complexity index is 371. The predicted molar refractivity (Wildman–Crippen MR) is 51.5 cm³/mol. The van der Waals surface area contributed by atoms with E-state index in [1.54, 1.807) is 13.0 Å². The lowest BCUT2D eigenvalue weighted by Crippen LogP contribution is -2.00. The van der Waals surface area contributed by atoms with Crippen molar-refractivity contribution in [2.45, 2.75) is 6.92 Å². The average molecular weight is 196 g/mol. The van der Waals surface area contributed by atoms with Crippen LogP contribution in [0.1, 0.15) is 26.3 Å². The van der Waals surface area contributed by atoms with Crippen molar-refractivity contribution in [1.29, 1.82) is 0 Å². The molecule has 0 aliphatic heterocycles. The number of carbonyl (C=O) groups is 2. The molecule has 0 aromatic heterocycles. The second-order valence-electron chi connectivity index (χ2n) is 2.64. The molecule has 4 heteroatoms. The molecule has 0 atom stereocenters. The number of hydrogen-bond donors (Lipinski definition) is 2. The van der Waals surface area contributed by atoms with E-state index in [-0.39, 0.29) is 5.56 Å². The second kappa shape index (κ2) is 3.62. The van der Waals surface area contributed by atoms with E-state index in [4.69, 9.17) is 5.11 Å². The highest BCUT2D eigenvalue weighted by molar-refractivity contribution is 7.97. The van der Waals surface area contributed by atoms with Crippen LogP contribution in [0.5, 0.6) is 0 Å². The van der Waals surface area contributed by atoms with Gasteiger partial charge in [0.1, 0.15) is 0 Å². The molecule has 0 amide bonds. The average Bonchev–Trinajstić information content (AvgIpc) is 2.04. The molecule has 0 saturated carbocycles. The van der Waals surface area contributed by atoms with E-state index >= 15 is 0 Å². The van der Waals surface area contributed by atoms with E-state index in [9.17, 15) is 9.59 Å². The molecule has 0 bridgehead atoms. The minimum absolute atomic E-state index is 0.100. The van der Waals surface area contributed by atoms with E-state index in [0.717, 1.165) is 5.56 Å². The van der Waals surface area contributed by atoms with Gasteiger partial charge in [0.05, 0.1) is 5.56 Å². The van der Waals surface area contributed by atoms with Gasteiger partial charge >= 0.3 is 5.97 Å². The SMILES string of the molecule is Cc1ccc(C(=O)O)cc1C(=O)S. The van der Waals surface area contributed by atoms with Gasteiger partial charge in [-0.1, -0.05) is 6.07 Å². The van der Waals surface area contributed by atoms with E-state index in [0.29, 0.717) is 5.56 Å². The van der Waals surface area contributed by atoms with Crippen molar-refractivity contribution >= 4 is 23.7 Å². The third-order valence-corrected chi connectivity index (χ3v) is 1.96. The Kier molecular flexibility index (Phi) is 2.72. The summed E-state index contributed by atoms with van der Waals surface area (Å²) in [4.78, 5) is 21.5. The van der Waals surface area contributed by atoms with Crippen molar-refractivity contribution in [1.82, 2.24) is 0 Å². The van der Waals surface area contributed by atoms with Gasteiger partial charge in [0.2, 0.25) is 5.12 Å². The normalized spacial score (nSPS) is 9.69. The first-order valence-electron chi connectivity index (χ1n) is 3.59. The Balaban J connectivity index is 3.27. The van der Waals surface area contributed by atoms with E-state index in [2.05, 4.69) is 12.6 Å². The molecule has 0 spiro atoms. The fourth-order valence-electron chi connectivity index (χ4n) is 0.985. The van der Waals surface area contributed by atoms with E-state index in [1.165, 1.54) is 12.1 Å². The van der Waals surface area contributed by atoms with Gasteiger partial charge in [0, 0.05) is 5.56 Å². The maximum Gasteiger partial charge on any atom is 0.335 e. The van der Waals surface area contributed by atoms with Crippen LogP contribution in [0.3, 0.4) is 0 Å². The zero-order chi connectivity index (χ0) is 10.0. The van der Waals surface area contributed by atoms with Gasteiger partial charge < -0.3 is 5.11 Å². The van der Waals surface area contributed by atoms with Gasteiger partial charge in [-0.05, 0) is 24.6 Å². The topological polar surface area (TPSA) is 54.4 Å². The fraction of sp³-hybridized carbons (Fsp3) is 0.111. The lowest BCUT2D eigenvalue weighted by molar-refractivity contribution is 0.0697. The predicted octanol–water partition coefficient (Wildman–Crippen LogP) is 1.76. The van der Waals surface area contributed by atoms with Gasteiger partial charge in [-0.2, -0.15) is 0 Å². The van der Waals surface area contributed by atoms with Crippen LogP contribution in [-0.4, -0.2) is 16.2 Å². The van der Waals surface area contributed by atoms with Crippen LogP contribution in [0.25, 0.3) is 0 Å². The van der Waals surface area contributed by atoms with Crippen molar-refractivity contribution in [3.8, 4) is 0 Å². The summed E-state index contributed by atoms with van der Waals surface area (Å²) >= 11 is 3.64. The minimum Gasteiger partial charge on any atom is -0.478 e. The van der Waals surface area contributed by atoms with Crippen LogP contribution >= 0.6 is 12.6 Å². The molecule has 13 heavy (non-hydrogen) atoms. The second-order valence-corrected chi connectivity index (χ2v) is 3.05. The Hall–Kier alpha value is -1.29. The molecule has 68 valence electrons. The zero-order valence-corrected chi connectivity index (χ0v) is 7.84. The molecule has 0 aliphatic rings. The summed E-state index contributed by atoms with van der Waals surface area (Å²) in [6.07, 6.45) is 0. The summed E-state index contributed by atoms with van der Waals surface area (Å²) in [7, 11) is 0. The monoisotopic (exact) mass is 196 g/mol. The molecule has 1 aromatic rings. The number of carboxylic acids is 1. The van der Waals surface area contributed by atoms with Crippen LogP contribution in [-0.2, 0) is 0 Å². The van der Waals surface area contributed by atoms with Gasteiger partial charge in [0.25, 0.3) is 0 Å². The molecule has 1 aromatic carbocycles. The molecule has 1 rings (SSSR count). The third kappa shape index (κ3) is 2.09. The number of thiol groups is 1. The number of benzene rings is 1. The summed E-state index contributed by atoms with van der Waals surface area (Å²) < 4.78 is 0. The van der Waals surface area contributed by atoms with Crippen LogP contribution in [0.2, 0.25) is 0 Å². The summed E-state index contributed by atoms with van der Waals surface area (Å²) in [5, 5.41) is 8.23. The highest BCUT2D eigenvalue weighted by atomic mass is 32.1. The third-order valence-electron chi connectivity index (χ3n) is 1.71. The molecular weight excluding hydrogens is 188 g/mol. The Morgan fingerprint density at radius 1 is 1.38 bits per heavy atom. The van der Waals surface area contributed by atoms with Crippen LogP contribution < -0.4 is 0 Å². The molecule has 0 heterocycles. The van der Waals surface area contributed by atoms with Gasteiger partial charge in [-0.15, -0.1) is 12.6 Å². The van der Waals surface area contributed by atoms with Crippen molar-refractivity contribution in [2.75, 3.05) is 0 Å². The maximum atomic E-state index is 10.9. The smallest absolute Gasteiger partial charge is 0.335 e. The highest BCUT2D eigenvalue weighted by Gasteiger charge is 2.09. The number of aromatic carboxylic acids is 1. The molecule has 0 saturated heterocycles. The summed E-state index contributed by atoms with van der Waals surface area (Å²) in [5.74, 6) is -1.05.